The maximum absolute atomic E-state index is 12.4. The number of benzene rings is 1. The highest BCUT2D eigenvalue weighted by Crippen LogP contribution is 2.17. The summed E-state index contributed by atoms with van der Waals surface area (Å²) in [6, 6.07) is 8.09. The highest BCUT2D eigenvalue weighted by Gasteiger charge is 2.18. The van der Waals surface area contributed by atoms with E-state index < -0.39 is 0 Å². The zero-order valence-electron chi connectivity index (χ0n) is 15.3. The lowest BCUT2D eigenvalue weighted by Gasteiger charge is -2.18. The molecule has 0 radical (unpaired) electrons. The molecule has 24 heavy (non-hydrogen) atoms. The lowest BCUT2D eigenvalue weighted by Crippen LogP contribution is -2.31. The maximum atomic E-state index is 12.4. The maximum Gasteiger partial charge on any atom is 0.243 e. The van der Waals surface area contributed by atoms with Gasteiger partial charge < -0.3 is 14.8 Å². The summed E-state index contributed by atoms with van der Waals surface area (Å²) in [5.74, 6) is 1.23. The molecule has 0 spiro atoms. The summed E-state index contributed by atoms with van der Waals surface area (Å²) < 4.78 is 1.94. The Morgan fingerprint density at radius 1 is 1.17 bits per heavy atom. The normalized spacial score (nSPS) is 12.6. The Balaban J connectivity index is 1.93. The molecule has 1 heterocycles. The molecule has 0 aliphatic carbocycles. The third-order valence-electron chi connectivity index (χ3n) is 4.00. The largest absolute Gasteiger partial charge is 0.350 e. The van der Waals surface area contributed by atoms with Gasteiger partial charge in [-0.2, -0.15) is 0 Å². The Hall–Kier alpha value is -2.14. The summed E-state index contributed by atoms with van der Waals surface area (Å²) in [6.45, 7) is 7.53. The van der Waals surface area contributed by atoms with Crippen LogP contribution in [0.15, 0.2) is 36.7 Å². The summed E-state index contributed by atoms with van der Waals surface area (Å²) >= 11 is 0. The number of hydrogen-bond acceptors (Lipinski definition) is 3. The van der Waals surface area contributed by atoms with Gasteiger partial charge in [0.2, 0.25) is 5.91 Å². The molecule has 0 saturated carbocycles. The fourth-order valence-electron chi connectivity index (χ4n) is 2.69. The molecule has 0 unspecified atom stereocenters. The second-order valence-electron chi connectivity index (χ2n) is 6.80. The molecule has 130 valence electrons. The summed E-state index contributed by atoms with van der Waals surface area (Å²) in [6.07, 6.45) is 3.62. The van der Waals surface area contributed by atoms with Crippen LogP contribution in [0.3, 0.4) is 0 Å². The monoisotopic (exact) mass is 328 g/mol. The summed E-state index contributed by atoms with van der Waals surface area (Å²) in [4.78, 5) is 18.9. The van der Waals surface area contributed by atoms with E-state index in [0.717, 1.165) is 17.9 Å². The average Bonchev–Trinajstić information content (AvgIpc) is 3.02. The van der Waals surface area contributed by atoms with E-state index in [4.69, 9.17) is 0 Å². The van der Waals surface area contributed by atoms with Crippen LogP contribution in [0, 0.1) is 0 Å². The molecule has 5 heteroatoms. The molecule has 0 saturated heterocycles. The molecule has 1 atom stereocenters. The number of hydrogen-bond donors (Lipinski definition) is 1. The third kappa shape index (κ3) is 4.68. The van der Waals surface area contributed by atoms with Gasteiger partial charge in [-0.05, 0) is 32.1 Å². The molecule has 2 aromatic rings. The molecule has 5 nitrogen and oxygen atoms in total. The van der Waals surface area contributed by atoms with E-state index in [-0.39, 0.29) is 11.9 Å². The quantitative estimate of drug-likeness (QED) is 0.850. The van der Waals surface area contributed by atoms with Crippen molar-refractivity contribution in [2.75, 3.05) is 14.1 Å². The van der Waals surface area contributed by atoms with Gasteiger partial charge in [0.1, 0.15) is 11.9 Å². The van der Waals surface area contributed by atoms with Crippen molar-refractivity contribution in [3.63, 3.8) is 0 Å². The minimum Gasteiger partial charge on any atom is -0.350 e. The molecule has 2 rings (SSSR count). The smallest absolute Gasteiger partial charge is 0.243 e. The number of nitrogens with zero attached hydrogens (tertiary/aromatic N) is 3. The van der Waals surface area contributed by atoms with E-state index in [9.17, 15) is 4.79 Å². The first-order chi connectivity index (χ1) is 11.4. The van der Waals surface area contributed by atoms with Gasteiger partial charge in [-0.3, -0.25) is 4.79 Å². The van der Waals surface area contributed by atoms with E-state index in [2.05, 4.69) is 67.4 Å². The first-order valence-corrected chi connectivity index (χ1v) is 8.41. The van der Waals surface area contributed by atoms with Gasteiger partial charge in [0.15, 0.2) is 0 Å². The summed E-state index contributed by atoms with van der Waals surface area (Å²) in [5.41, 5.74) is 2.37. The number of amides is 1. The lowest BCUT2D eigenvalue weighted by molar-refractivity contribution is -0.124. The molecular weight excluding hydrogens is 300 g/mol. The van der Waals surface area contributed by atoms with Crippen molar-refractivity contribution in [2.45, 2.75) is 45.8 Å². The number of aromatic nitrogens is 2. The topological polar surface area (TPSA) is 50.2 Å². The molecule has 1 amide bonds. The van der Waals surface area contributed by atoms with Crippen molar-refractivity contribution in [3.05, 3.63) is 53.6 Å². The van der Waals surface area contributed by atoms with E-state index in [0.29, 0.717) is 12.5 Å². The van der Waals surface area contributed by atoms with Crippen LogP contribution < -0.4 is 5.32 Å². The van der Waals surface area contributed by atoms with Crippen molar-refractivity contribution < 1.29 is 4.79 Å². The van der Waals surface area contributed by atoms with Gasteiger partial charge in [0.05, 0.1) is 0 Å². The molecule has 0 aliphatic heterocycles. The van der Waals surface area contributed by atoms with Crippen molar-refractivity contribution in [1.29, 1.82) is 0 Å². The molecule has 0 bridgehead atoms. The fraction of sp³-hybridized carbons (Fsp3) is 0.474. The second kappa shape index (κ2) is 8.11. The number of carbonyl (C=O) groups excluding carboxylic acids is 1. The minimum absolute atomic E-state index is 0.00673. The van der Waals surface area contributed by atoms with Gasteiger partial charge in [0.25, 0.3) is 0 Å². The molecule has 1 aromatic carbocycles. The molecular formula is C19H28N4O. The van der Waals surface area contributed by atoms with Crippen LogP contribution in [-0.2, 0) is 17.9 Å². The molecule has 0 fully saturated rings. The van der Waals surface area contributed by atoms with E-state index in [1.807, 2.05) is 17.7 Å². The first-order valence-electron chi connectivity index (χ1n) is 8.41. The zero-order valence-corrected chi connectivity index (χ0v) is 15.3. The van der Waals surface area contributed by atoms with Gasteiger partial charge >= 0.3 is 0 Å². The summed E-state index contributed by atoms with van der Waals surface area (Å²) in [5, 5.41) is 3.02. The van der Waals surface area contributed by atoms with Crippen molar-refractivity contribution in [3.8, 4) is 0 Å². The van der Waals surface area contributed by atoms with Crippen LogP contribution in [-0.4, -0.2) is 34.5 Å². The lowest BCUT2D eigenvalue weighted by atomic mass is 10.1. The van der Waals surface area contributed by atoms with Gasteiger partial charge in [-0.15, -0.1) is 0 Å². The Morgan fingerprint density at radius 3 is 2.38 bits per heavy atom. The fourth-order valence-corrected chi connectivity index (χ4v) is 2.69. The number of carbonyl (C=O) groups is 1. The number of imidazole rings is 1. The highest BCUT2D eigenvalue weighted by molar-refractivity contribution is 5.79. The Kier molecular flexibility index (Phi) is 6.15. The van der Waals surface area contributed by atoms with Gasteiger partial charge in [-0.25, -0.2) is 4.98 Å². The Labute approximate surface area is 144 Å². The standard InChI is InChI=1S/C19H28N4O/c1-14(2)18-20-10-11-23(18)15(3)19(24)21-12-16-6-8-17(9-7-16)13-22(4)5/h6-11,14-15H,12-13H2,1-5H3,(H,21,24)/t15-/m1/s1. The summed E-state index contributed by atoms with van der Waals surface area (Å²) in [7, 11) is 4.11. The van der Waals surface area contributed by atoms with Crippen molar-refractivity contribution in [2.24, 2.45) is 0 Å². The van der Waals surface area contributed by atoms with Crippen LogP contribution in [0.25, 0.3) is 0 Å². The Morgan fingerprint density at radius 2 is 1.79 bits per heavy atom. The Bertz CT molecular complexity index is 658. The van der Waals surface area contributed by atoms with Crippen molar-refractivity contribution in [1.82, 2.24) is 19.8 Å². The van der Waals surface area contributed by atoms with Gasteiger partial charge in [0, 0.05) is 31.4 Å². The van der Waals surface area contributed by atoms with E-state index >= 15 is 0 Å². The average molecular weight is 328 g/mol. The second-order valence-corrected chi connectivity index (χ2v) is 6.80. The van der Waals surface area contributed by atoms with Crippen molar-refractivity contribution >= 4 is 5.91 Å². The number of rotatable bonds is 7. The highest BCUT2D eigenvalue weighted by atomic mass is 16.2. The SMILES string of the molecule is CC(C)c1nccn1[C@H](C)C(=O)NCc1ccc(CN(C)C)cc1. The zero-order chi connectivity index (χ0) is 17.7. The van der Waals surface area contributed by atoms with Crippen LogP contribution in [0.5, 0.6) is 0 Å². The van der Waals surface area contributed by atoms with Crippen LogP contribution >= 0.6 is 0 Å². The molecule has 0 aliphatic rings. The first kappa shape index (κ1) is 18.2. The van der Waals surface area contributed by atoms with Crippen LogP contribution in [0.2, 0.25) is 0 Å². The van der Waals surface area contributed by atoms with Crippen LogP contribution in [0.1, 0.15) is 49.7 Å². The predicted octanol–water partition coefficient (Wildman–Crippen LogP) is 2.95. The van der Waals surface area contributed by atoms with Crippen LogP contribution in [0.4, 0.5) is 0 Å². The predicted molar refractivity (Wildman–Crippen MR) is 96.7 cm³/mol. The molecule has 1 N–H and O–H groups in total. The van der Waals surface area contributed by atoms with Gasteiger partial charge in [-0.1, -0.05) is 38.1 Å². The minimum atomic E-state index is -0.266. The molecule has 1 aromatic heterocycles. The van der Waals surface area contributed by atoms with E-state index in [1.165, 1.54) is 5.56 Å². The number of nitrogens with one attached hydrogen (secondary N) is 1. The third-order valence-corrected chi connectivity index (χ3v) is 4.00. The van der Waals surface area contributed by atoms with E-state index in [1.54, 1.807) is 6.20 Å².